The summed E-state index contributed by atoms with van der Waals surface area (Å²) in [4.78, 5) is 12.9. The first kappa shape index (κ1) is 45.1. The van der Waals surface area contributed by atoms with Crippen molar-refractivity contribution in [3.05, 3.63) is 107 Å². The van der Waals surface area contributed by atoms with Crippen molar-refractivity contribution >= 4 is 27.9 Å². The number of carbonyl (C=O) groups is 1. The van der Waals surface area contributed by atoms with Gasteiger partial charge in [-0.15, -0.1) is 0 Å². The average molecular weight is 770 g/mol. The molecule has 4 rings (SSSR count). The molecule has 0 saturated carbocycles. The Labute approximate surface area is 343 Å². The zero-order valence-corrected chi connectivity index (χ0v) is 35.9. The van der Waals surface area contributed by atoms with Gasteiger partial charge in [-0.2, -0.15) is 0 Å². The average Bonchev–Trinajstić information content (AvgIpc) is 3.30. The molecule has 0 aromatic heterocycles. The van der Waals surface area contributed by atoms with Crippen molar-refractivity contribution in [1.29, 1.82) is 0 Å². The predicted octanol–water partition coefficient (Wildman–Crippen LogP) is 4.11. The van der Waals surface area contributed by atoms with Crippen LogP contribution >= 0.6 is 0 Å². The summed E-state index contributed by atoms with van der Waals surface area (Å²) >= 11 is 0. The summed E-state index contributed by atoms with van der Waals surface area (Å²) in [5, 5.41) is 10.1. The molecule has 2 aliphatic heterocycles. The molecule has 286 valence electrons. The van der Waals surface area contributed by atoms with E-state index in [1.54, 1.807) is 20.3 Å². The molecule has 1 N–H and O–H groups in total. The largest absolute Gasteiger partial charge is 1.00 e. The topological polar surface area (TPSA) is 132 Å². The Kier molecular flexibility index (Phi) is 16.7. The number of anilines is 1. The smallest absolute Gasteiger partial charge is 0.744 e. The molecule has 1 aromatic carbocycles. The summed E-state index contributed by atoms with van der Waals surface area (Å²) in [6.45, 7) is 13.7. The minimum absolute atomic E-state index is 0. The summed E-state index contributed by atoms with van der Waals surface area (Å²) in [6.07, 6.45) is 16.1. The van der Waals surface area contributed by atoms with Crippen LogP contribution in [0.1, 0.15) is 77.2 Å². The van der Waals surface area contributed by atoms with Gasteiger partial charge in [0.1, 0.15) is 34.9 Å². The summed E-state index contributed by atoms with van der Waals surface area (Å²) in [5.74, 6) is 0.870. The van der Waals surface area contributed by atoms with Gasteiger partial charge in [-0.05, 0) is 60.4 Å². The number of ether oxygens (including phenoxy) is 2. The van der Waals surface area contributed by atoms with E-state index < -0.39 is 21.5 Å². The molecule has 0 bridgehead atoms. The second-order valence-corrected chi connectivity index (χ2v) is 16.1. The molecule has 0 saturated heterocycles. The van der Waals surface area contributed by atoms with Crippen molar-refractivity contribution in [3.8, 4) is 11.3 Å². The van der Waals surface area contributed by atoms with Crippen LogP contribution in [0.3, 0.4) is 0 Å². The molecule has 0 spiro atoms. The fraction of sp³-hybridized carbons (Fsp3) is 0.429. The molecular formula is C42H54N2NaO8S+. The van der Waals surface area contributed by atoms with Gasteiger partial charge in [-0.25, -0.2) is 13.0 Å². The van der Waals surface area contributed by atoms with E-state index in [0.29, 0.717) is 26.2 Å². The van der Waals surface area contributed by atoms with Gasteiger partial charge >= 0.3 is 35.5 Å². The van der Waals surface area contributed by atoms with Gasteiger partial charge in [0.25, 0.3) is 0 Å². The zero-order chi connectivity index (χ0) is 38.8. The first-order valence-electron chi connectivity index (χ1n) is 18.0. The van der Waals surface area contributed by atoms with Crippen LogP contribution < -0.4 is 44.4 Å². The molecule has 2 heterocycles. The van der Waals surface area contributed by atoms with Crippen LogP contribution in [-0.4, -0.2) is 71.1 Å². The number of rotatable bonds is 17. The van der Waals surface area contributed by atoms with Crippen LogP contribution in [0.4, 0.5) is 5.69 Å². The van der Waals surface area contributed by atoms with E-state index >= 15 is 0 Å². The van der Waals surface area contributed by atoms with E-state index in [2.05, 4.69) is 60.6 Å². The number of carboxylic acid groups (broad SMARTS) is 1. The Morgan fingerprint density at radius 1 is 0.944 bits per heavy atom. The maximum Gasteiger partial charge on any atom is 1.00 e. The van der Waals surface area contributed by atoms with E-state index in [-0.39, 0.29) is 46.3 Å². The fourth-order valence-corrected chi connectivity index (χ4v) is 6.95. The van der Waals surface area contributed by atoms with Crippen molar-refractivity contribution in [2.75, 3.05) is 52.0 Å². The van der Waals surface area contributed by atoms with Crippen LogP contribution in [0, 0.1) is 0 Å². The number of nitrogens with zero attached hydrogens (tertiary/aromatic N) is 2. The van der Waals surface area contributed by atoms with Gasteiger partial charge < -0.3 is 28.5 Å². The number of fused-ring (bicyclic) bond motifs is 2. The quantitative estimate of drug-likeness (QED) is 0.0709. The van der Waals surface area contributed by atoms with Crippen LogP contribution in [0.25, 0.3) is 17.4 Å². The fourth-order valence-electron chi connectivity index (χ4n) is 6.45. The normalized spacial score (nSPS) is 15.2. The Hall–Kier alpha value is -3.29. The van der Waals surface area contributed by atoms with Crippen molar-refractivity contribution in [1.82, 2.24) is 4.58 Å². The van der Waals surface area contributed by atoms with Crippen LogP contribution in [0.5, 0.6) is 0 Å². The Morgan fingerprint density at radius 2 is 1.61 bits per heavy atom. The van der Waals surface area contributed by atoms with E-state index in [4.69, 9.17) is 19.0 Å². The van der Waals surface area contributed by atoms with E-state index in [1.165, 1.54) is 12.1 Å². The predicted molar refractivity (Wildman–Crippen MR) is 209 cm³/mol. The number of methoxy groups -OCH3 is 2. The van der Waals surface area contributed by atoms with E-state index in [1.807, 2.05) is 50.3 Å². The molecule has 0 fully saturated rings. The molecule has 0 unspecified atom stereocenters. The monoisotopic (exact) mass is 769 g/mol. The molecule has 3 aliphatic rings. The first-order chi connectivity index (χ1) is 25.1. The molecular weight excluding hydrogens is 716 g/mol. The number of benzene rings is 2. The number of aliphatic carboxylic acids is 1. The minimum Gasteiger partial charge on any atom is -0.744 e. The van der Waals surface area contributed by atoms with Crippen LogP contribution in [-0.2, 0) is 35.2 Å². The van der Waals surface area contributed by atoms with Crippen LogP contribution in [0.2, 0.25) is 0 Å². The molecule has 0 amide bonds. The first-order valence-corrected chi connectivity index (χ1v) is 19.4. The SMILES string of the molecule is COCC[N+](CCOC)=c1ccc2c(/C=C/C=C/C=C/C=C3/N(CCCCCC(=O)O)c4ccc(S(=O)(=O)[O-])cc4C3(C)C)cc(C(C)(C)C)oc-2c1.[Na+]. The number of unbranched alkanes of at least 4 members (excludes halogenated alkanes) is 2. The standard InChI is InChI=1S/C42H54N2O8S.Na/c1-41(2,3)39-28-31(34-21-19-32(29-37(34)52-39)43(24-26-50-6)25-27-51-7)16-12-9-8-10-13-17-38-42(4,5)35-30-33(53(47,48)49)20-22-36(35)44(38)23-15-11-14-18-40(45)46;/h8-10,12-13,16-17,19-22,28-30H,11,14-15,18,23-27H2,1-7H3,(H-,45,46,47,48,49);/q;+1. The van der Waals surface area contributed by atoms with Crippen LogP contribution in [0.15, 0.2) is 93.9 Å². The summed E-state index contributed by atoms with van der Waals surface area (Å²) in [6, 6.07) is 12.9. The third-order valence-corrected chi connectivity index (χ3v) is 10.2. The van der Waals surface area contributed by atoms with Crippen molar-refractivity contribution in [2.45, 2.75) is 76.0 Å². The summed E-state index contributed by atoms with van der Waals surface area (Å²) in [5.41, 5.74) is 3.85. The summed E-state index contributed by atoms with van der Waals surface area (Å²) in [7, 11) is -1.22. The van der Waals surface area contributed by atoms with Gasteiger partial charge in [0.15, 0.2) is 13.1 Å². The maximum atomic E-state index is 11.8. The number of allylic oxidation sites excluding steroid dienone is 7. The van der Waals surface area contributed by atoms with E-state index in [9.17, 15) is 17.8 Å². The summed E-state index contributed by atoms with van der Waals surface area (Å²) < 4.78 is 54.9. The van der Waals surface area contributed by atoms with Gasteiger partial charge in [0.2, 0.25) is 5.36 Å². The molecule has 0 atom stereocenters. The molecule has 1 aromatic rings. The van der Waals surface area contributed by atoms with Crippen molar-refractivity contribution < 1.29 is 66.3 Å². The second-order valence-electron chi connectivity index (χ2n) is 14.8. The van der Waals surface area contributed by atoms with E-state index in [0.717, 1.165) is 70.9 Å². The Bertz CT molecular complexity index is 2010. The Morgan fingerprint density at radius 3 is 2.24 bits per heavy atom. The van der Waals surface area contributed by atoms with Crippen molar-refractivity contribution in [2.24, 2.45) is 0 Å². The minimum atomic E-state index is -4.61. The number of hydrogen-bond acceptors (Lipinski definition) is 8. The zero-order valence-electron chi connectivity index (χ0n) is 33.1. The molecule has 1 aliphatic carbocycles. The number of carboxylic acids is 1. The van der Waals surface area contributed by atoms with Gasteiger partial charge in [-0.3, -0.25) is 4.79 Å². The third kappa shape index (κ3) is 11.9. The second kappa shape index (κ2) is 20.0. The van der Waals surface area contributed by atoms with Gasteiger partial charge in [0, 0.05) is 61.0 Å². The molecule has 10 nitrogen and oxygen atoms in total. The third-order valence-electron chi connectivity index (χ3n) is 9.42. The van der Waals surface area contributed by atoms with Gasteiger partial charge in [0.05, 0.1) is 11.0 Å². The molecule has 0 radical (unpaired) electrons. The van der Waals surface area contributed by atoms with Gasteiger partial charge in [-0.1, -0.05) is 77.5 Å². The maximum absolute atomic E-state index is 11.8. The number of hydrogen-bond donors (Lipinski definition) is 1. The molecule has 12 heteroatoms. The molecule has 54 heavy (non-hydrogen) atoms. The van der Waals surface area contributed by atoms with Crippen molar-refractivity contribution in [3.63, 3.8) is 0 Å². The Balaban J connectivity index is 0.00000784.